The largest absolute Gasteiger partial charge is 0.307 e. The summed E-state index contributed by atoms with van der Waals surface area (Å²) in [6.45, 7) is 6.94. The fourth-order valence-corrected chi connectivity index (χ4v) is 2.91. The lowest BCUT2D eigenvalue weighted by Gasteiger charge is -2.18. The van der Waals surface area contributed by atoms with Crippen molar-refractivity contribution in [3.05, 3.63) is 57.0 Å². The summed E-state index contributed by atoms with van der Waals surface area (Å²) >= 11 is 1.73. The first kappa shape index (κ1) is 13.2. The lowest BCUT2D eigenvalue weighted by Crippen LogP contribution is -2.21. The highest BCUT2D eigenvalue weighted by atomic mass is 32.1. The molecular formula is C15H18FNS. The summed E-state index contributed by atoms with van der Waals surface area (Å²) in [6, 6.07) is 7.47. The van der Waals surface area contributed by atoms with Crippen molar-refractivity contribution >= 4 is 11.3 Å². The third-order valence-corrected chi connectivity index (χ3v) is 3.77. The SMILES string of the molecule is CCNC(c1cc(C)cc(F)c1)c1csc(C)c1. The average Bonchev–Trinajstić information content (AvgIpc) is 2.71. The van der Waals surface area contributed by atoms with Crippen LogP contribution in [0.15, 0.2) is 29.6 Å². The molecule has 1 aromatic heterocycles. The average molecular weight is 263 g/mol. The van der Waals surface area contributed by atoms with Crippen LogP contribution >= 0.6 is 11.3 Å². The van der Waals surface area contributed by atoms with E-state index in [9.17, 15) is 4.39 Å². The Balaban J connectivity index is 2.40. The number of aryl methyl sites for hydroxylation is 2. The second-order valence-electron chi connectivity index (χ2n) is 4.54. The van der Waals surface area contributed by atoms with Crippen LogP contribution in [0, 0.1) is 19.7 Å². The summed E-state index contributed by atoms with van der Waals surface area (Å²) in [7, 11) is 0. The van der Waals surface area contributed by atoms with Gasteiger partial charge in [-0.05, 0) is 60.7 Å². The Morgan fingerprint density at radius 2 is 1.94 bits per heavy atom. The first-order valence-electron chi connectivity index (χ1n) is 6.15. The van der Waals surface area contributed by atoms with Crippen LogP contribution in [0.2, 0.25) is 0 Å². The van der Waals surface area contributed by atoms with Crippen LogP contribution in [-0.4, -0.2) is 6.54 Å². The van der Waals surface area contributed by atoms with Crippen molar-refractivity contribution in [2.75, 3.05) is 6.54 Å². The molecule has 0 spiro atoms. The van der Waals surface area contributed by atoms with E-state index < -0.39 is 0 Å². The molecule has 0 saturated carbocycles. The normalized spacial score (nSPS) is 12.7. The van der Waals surface area contributed by atoms with Crippen molar-refractivity contribution in [3.8, 4) is 0 Å². The lowest BCUT2D eigenvalue weighted by atomic mass is 9.99. The van der Waals surface area contributed by atoms with Gasteiger partial charge in [0, 0.05) is 4.88 Å². The predicted molar refractivity (Wildman–Crippen MR) is 75.7 cm³/mol. The minimum absolute atomic E-state index is 0.0781. The molecule has 1 atom stereocenters. The van der Waals surface area contributed by atoms with Crippen LogP contribution < -0.4 is 5.32 Å². The molecule has 1 aromatic carbocycles. The minimum Gasteiger partial charge on any atom is -0.307 e. The van der Waals surface area contributed by atoms with E-state index in [-0.39, 0.29) is 11.9 Å². The molecule has 2 aromatic rings. The Bertz CT molecular complexity index is 513. The van der Waals surface area contributed by atoms with Crippen molar-refractivity contribution < 1.29 is 4.39 Å². The molecule has 2 rings (SSSR count). The van der Waals surface area contributed by atoms with Crippen LogP contribution in [0.1, 0.15) is 34.5 Å². The monoisotopic (exact) mass is 263 g/mol. The summed E-state index contributed by atoms with van der Waals surface area (Å²) in [5, 5.41) is 5.56. The minimum atomic E-state index is -0.167. The Labute approximate surface area is 112 Å². The molecule has 0 amide bonds. The number of thiophene rings is 1. The fourth-order valence-electron chi connectivity index (χ4n) is 2.18. The second kappa shape index (κ2) is 5.63. The smallest absolute Gasteiger partial charge is 0.123 e. The maximum atomic E-state index is 13.5. The lowest BCUT2D eigenvalue weighted by molar-refractivity contribution is 0.602. The van der Waals surface area contributed by atoms with Gasteiger partial charge in [-0.3, -0.25) is 0 Å². The molecule has 1 nitrogen and oxygen atoms in total. The fraction of sp³-hybridized carbons (Fsp3) is 0.333. The van der Waals surface area contributed by atoms with Gasteiger partial charge in [0.05, 0.1) is 6.04 Å². The molecule has 3 heteroatoms. The molecule has 1 heterocycles. The number of rotatable bonds is 4. The van der Waals surface area contributed by atoms with E-state index in [2.05, 4.69) is 30.6 Å². The quantitative estimate of drug-likeness (QED) is 0.871. The van der Waals surface area contributed by atoms with Crippen LogP contribution in [-0.2, 0) is 0 Å². The van der Waals surface area contributed by atoms with Crippen molar-refractivity contribution in [1.29, 1.82) is 0 Å². The van der Waals surface area contributed by atoms with Crippen LogP contribution in [0.3, 0.4) is 0 Å². The molecule has 0 fully saturated rings. The molecule has 96 valence electrons. The van der Waals surface area contributed by atoms with Crippen LogP contribution in [0.25, 0.3) is 0 Å². The molecule has 18 heavy (non-hydrogen) atoms. The number of hydrogen-bond donors (Lipinski definition) is 1. The van der Waals surface area contributed by atoms with Crippen molar-refractivity contribution in [3.63, 3.8) is 0 Å². The molecule has 0 aliphatic carbocycles. The predicted octanol–water partition coefficient (Wildman–Crippen LogP) is 4.20. The third kappa shape index (κ3) is 2.98. The van der Waals surface area contributed by atoms with E-state index in [4.69, 9.17) is 0 Å². The van der Waals surface area contributed by atoms with Gasteiger partial charge in [-0.15, -0.1) is 11.3 Å². The molecular weight excluding hydrogens is 245 g/mol. The van der Waals surface area contributed by atoms with E-state index in [1.807, 2.05) is 13.0 Å². The van der Waals surface area contributed by atoms with Gasteiger partial charge in [0.2, 0.25) is 0 Å². The molecule has 1 N–H and O–H groups in total. The maximum absolute atomic E-state index is 13.5. The second-order valence-corrected chi connectivity index (χ2v) is 5.66. The third-order valence-electron chi connectivity index (χ3n) is 2.89. The van der Waals surface area contributed by atoms with Crippen molar-refractivity contribution in [1.82, 2.24) is 5.32 Å². The highest BCUT2D eigenvalue weighted by Crippen LogP contribution is 2.27. The van der Waals surface area contributed by atoms with Crippen molar-refractivity contribution in [2.24, 2.45) is 0 Å². The van der Waals surface area contributed by atoms with E-state index in [0.717, 1.165) is 17.7 Å². The molecule has 0 aliphatic rings. The van der Waals surface area contributed by atoms with Crippen LogP contribution in [0.5, 0.6) is 0 Å². The standard InChI is InChI=1S/C15H18FNS/c1-4-17-15(13-7-11(3)18-9-13)12-5-10(2)6-14(16)8-12/h5-9,15,17H,4H2,1-3H3. The number of halogens is 1. The Kier molecular flexibility index (Phi) is 4.15. The van der Waals surface area contributed by atoms with E-state index in [1.54, 1.807) is 23.5 Å². The Morgan fingerprint density at radius 3 is 2.50 bits per heavy atom. The van der Waals surface area contributed by atoms with Gasteiger partial charge in [-0.25, -0.2) is 4.39 Å². The summed E-state index contributed by atoms with van der Waals surface area (Å²) in [4.78, 5) is 1.28. The molecule has 0 aliphatic heterocycles. The molecule has 0 bridgehead atoms. The highest BCUT2D eigenvalue weighted by Gasteiger charge is 2.15. The molecule has 0 saturated heterocycles. The van der Waals surface area contributed by atoms with Gasteiger partial charge in [-0.2, -0.15) is 0 Å². The first-order valence-corrected chi connectivity index (χ1v) is 7.03. The van der Waals surface area contributed by atoms with Gasteiger partial charge in [0.15, 0.2) is 0 Å². The van der Waals surface area contributed by atoms with Gasteiger partial charge >= 0.3 is 0 Å². The summed E-state index contributed by atoms with van der Waals surface area (Å²) in [5.41, 5.74) is 3.16. The summed E-state index contributed by atoms with van der Waals surface area (Å²) in [5.74, 6) is -0.167. The number of hydrogen-bond acceptors (Lipinski definition) is 2. The molecule has 0 radical (unpaired) electrons. The van der Waals surface area contributed by atoms with Gasteiger partial charge in [0.1, 0.15) is 5.82 Å². The van der Waals surface area contributed by atoms with Gasteiger partial charge in [-0.1, -0.05) is 13.0 Å². The maximum Gasteiger partial charge on any atom is 0.123 e. The number of nitrogens with one attached hydrogen (secondary N) is 1. The zero-order chi connectivity index (χ0) is 13.1. The molecule has 1 unspecified atom stereocenters. The number of benzene rings is 1. The topological polar surface area (TPSA) is 12.0 Å². The zero-order valence-electron chi connectivity index (χ0n) is 11.0. The first-order chi connectivity index (χ1) is 8.60. The van der Waals surface area contributed by atoms with Crippen molar-refractivity contribution in [2.45, 2.75) is 26.8 Å². The Hall–Kier alpha value is -1.19. The zero-order valence-corrected chi connectivity index (χ0v) is 11.8. The van der Waals surface area contributed by atoms with E-state index in [0.29, 0.717) is 0 Å². The highest BCUT2D eigenvalue weighted by molar-refractivity contribution is 7.10. The summed E-state index contributed by atoms with van der Waals surface area (Å²) < 4.78 is 13.5. The Morgan fingerprint density at radius 1 is 1.17 bits per heavy atom. The summed E-state index contributed by atoms with van der Waals surface area (Å²) in [6.07, 6.45) is 0. The van der Waals surface area contributed by atoms with E-state index >= 15 is 0 Å². The van der Waals surface area contributed by atoms with Gasteiger partial charge in [0.25, 0.3) is 0 Å². The van der Waals surface area contributed by atoms with Gasteiger partial charge < -0.3 is 5.32 Å². The van der Waals surface area contributed by atoms with Crippen LogP contribution in [0.4, 0.5) is 4.39 Å². The van der Waals surface area contributed by atoms with E-state index in [1.165, 1.54) is 10.4 Å².